The lowest BCUT2D eigenvalue weighted by Gasteiger charge is -2.02. The fourth-order valence-corrected chi connectivity index (χ4v) is 4.35. The first-order chi connectivity index (χ1) is 13.2. The zero-order valence-corrected chi connectivity index (χ0v) is 15.6. The number of fused-ring (bicyclic) bond motifs is 1. The predicted octanol–water partition coefficient (Wildman–Crippen LogP) is 4.56. The number of benzene rings is 2. The summed E-state index contributed by atoms with van der Waals surface area (Å²) >= 11 is 2.79. The van der Waals surface area contributed by atoms with Crippen LogP contribution in [-0.4, -0.2) is 21.1 Å². The second-order valence-corrected chi connectivity index (χ2v) is 7.92. The number of anilines is 1. The van der Waals surface area contributed by atoms with E-state index in [-0.39, 0.29) is 18.1 Å². The van der Waals surface area contributed by atoms with Gasteiger partial charge in [0.2, 0.25) is 11.0 Å². The summed E-state index contributed by atoms with van der Waals surface area (Å²) in [5.74, 6) is -0.544. The van der Waals surface area contributed by atoms with E-state index >= 15 is 0 Å². The summed E-state index contributed by atoms with van der Waals surface area (Å²) in [4.78, 5) is 17.5. The van der Waals surface area contributed by atoms with Gasteiger partial charge in [-0.2, -0.15) is 0 Å². The highest BCUT2D eigenvalue weighted by Gasteiger charge is 2.11. The van der Waals surface area contributed by atoms with Crippen LogP contribution in [0.15, 0.2) is 70.0 Å². The number of hydrogen-bond donors (Lipinski definition) is 1. The fourth-order valence-electron chi connectivity index (χ4n) is 2.51. The van der Waals surface area contributed by atoms with Crippen molar-refractivity contribution in [3.63, 3.8) is 0 Å². The van der Waals surface area contributed by atoms with E-state index in [1.54, 1.807) is 18.3 Å². The quantitative estimate of drug-likeness (QED) is 0.501. The molecule has 27 heavy (non-hydrogen) atoms. The lowest BCUT2D eigenvalue weighted by atomic mass is 10.1. The average Bonchev–Trinajstić information content (AvgIpc) is 3.10. The molecular formula is C19H13FN4OS2. The van der Waals surface area contributed by atoms with Gasteiger partial charge in [0.25, 0.3) is 0 Å². The number of aromatic nitrogens is 3. The number of pyridine rings is 1. The number of hydrogen-bond acceptors (Lipinski definition) is 6. The molecule has 0 unspecified atom stereocenters. The van der Waals surface area contributed by atoms with Gasteiger partial charge in [-0.1, -0.05) is 53.4 Å². The van der Waals surface area contributed by atoms with Crippen LogP contribution in [-0.2, 0) is 11.2 Å². The normalized spacial score (nSPS) is 10.9. The van der Waals surface area contributed by atoms with Crippen LogP contribution in [0.25, 0.3) is 10.9 Å². The van der Waals surface area contributed by atoms with Crippen molar-refractivity contribution in [1.82, 2.24) is 15.2 Å². The van der Waals surface area contributed by atoms with Crippen molar-refractivity contribution in [3.05, 3.63) is 72.2 Å². The van der Waals surface area contributed by atoms with Gasteiger partial charge in [-0.25, -0.2) is 4.39 Å². The summed E-state index contributed by atoms with van der Waals surface area (Å²) in [7, 11) is 0. The lowest BCUT2D eigenvalue weighted by molar-refractivity contribution is -0.115. The number of para-hydroxylation sites is 1. The minimum Gasteiger partial charge on any atom is -0.300 e. The van der Waals surface area contributed by atoms with Gasteiger partial charge in [0, 0.05) is 16.5 Å². The van der Waals surface area contributed by atoms with E-state index in [0.29, 0.717) is 5.13 Å². The second kappa shape index (κ2) is 7.81. The van der Waals surface area contributed by atoms with Crippen LogP contribution in [0.3, 0.4) is 0 Å². The molecule has 1 N–H and O–H groups in total. The monoisotopic (exact) mass is 396 g/mol. The van der Waals surface area contributed by atoms with Crippen LogP contribution < -0.4 is 5.32 Å². The zero-order chi connectivity index (χ0) is 18.6. The fraction of sp³-hybridized carbons (Fsp3) is 0.0526. The van der Waals surface area contributed by atoms with Gasteiger partial charge in [0.1, 0.15) is 5.82 Å². The number of nitrogens with zero attached hydrogens (tertiary/aromatic N) is 3. The van der Waals surface area contributed by atoms with Crippen LogP contribution in [0.5, 0.6) is 0 Å². The van der Waals surface area contributed by atoms with Crippen LogP contribution in [0.2, 0.25) is 0 Å². The largest absolute Gasteiger partial charge is 0.300 e. The third-order valence-corrected chi connectivity index (χ3v) is 5.70. The molecule has 0 fully saturated rings. The van der Waals surface area contributed by atoms with E-state index in [4.69, 9.17) is 0 Å². The van der Waals surface area contributed by atoms with E-state index in [9.17, 15) is 9.18 Å². The van der Waals surface area contributed by atoms with E-state index < -0.39 is 0 Å². The van der Waals surface area contributed by atoms with Crippen molar-refractivity contribution >= 4 is 45.0 Å². The van der Waals surface area contributed by atoms with E-state index in [1.165, 1.54) is 35.2 Å². The summed E-state index contributed by atoms with van der Waals surface area (Å²) in [5, 5.41) is 12.4. The van der Waals surface area contributed by atoms with E-state index in [2.05, 4.69) is 20.5 Å². The van der Waals surface area contributed by atoms with Crippen molar-refractivity contribution in [1.29, 1.82) is 0 Å². The van der Waals surface area contributed by atoms with Gasteiger partial charge in [-0.05, 0) is 29.8 Å². The molecule has 134 valence electrons. The van der Waals surface area contributed by atoms with E-state index in [0.717, 1.165) is 25.7 Å². The predicted molar refractivity (Wildman–Crippen MR) is 105 cm³/mol. The third-order valence-electron chi connectivity index (χ3n) is 3.74. The van der Waals surface area contributed by atoms with Gasteiger partial charge in [0.15, 0.2) is 4.34 Å². The Morgan fingerprint density at radius 1 is 1.07 bits per heavy atom. The number of amides is 1. The molecule has 0 bridgehead atoms. The molecule has 0 aliphatic carbocycles. The van der Waals surface area contributed by atoms with Crippen molar-refractivity contribution in [2.45, 2.75) is 15.7 Å². The maximum absolute atomic E-state index is 12.9. The Morgan fingerprint density at radius 3 is 2.74 bits per heavy atom. The molecule has 0 atom stereocenters. The molecule has 0 aliphatic heterocycles. The number of rotatable bonds is 5. The van der Waals surface area contributed by atoms with Gasteiger partial charge < -0.3 is 5.32 Å². The molecule has 0 radical (unpaired) electrons. The smallest absolute Gasteiger partial charge is 0.230 e. The molecule has 2 aromatic heterocycles. The maximum Gasteiger partial charge on any atom is 0.230 e. The third kappa shape index (κ3) is 4.29. The summed E-state index contributed by atoms with van der Waals surface area (Å²) < 4.78 is 13.7. The number of carbonyl (C=O) groups is 1. The first-order valence-electron chi connectivity index (χ1n) is 8.07. The molecule has 1 amide bonds. The summed E-state index contributed by atoms with van der Waals surface area (Å²) in [6.45, 7) is 0. The van der Waals surface area contributed by atoms with Gasteiger partial charge >= 0.3 is 0 Å². The standard InChI is InChI=1S/C19H13FN4OS2/c20-13-7-5-12(6-8-13)11-17(25)22-18-23-24-19(27-18)26-16-9-10-21-15-4-2-1-3-14(15)16/h1-10H,11H2,(H,22,23,25). The molecule has 2 aromatic carbocycles. The number of carbonyl (C=O) groups excluding carboxylic acids is 1. The highest BCUT2D eigenvalue weighted by molar-refractivity contribution is 8.01. The Kier molecular flexibility index (Phi) is 5.08. The van der Waals surface area contributed by atoms with Crippen LogP contribution >= 0.6 is 23.1 Å². The maximum atomic E-state index is 12.9. The Bertz CT molecular complexity index is 1090. The van der Waals surface area contributed by atoms with Crippen LogP contribution in [0.1, 0.15) is 5.56 Å². The number of nitrogens with one attached hydrogen (secondary N) is 1. The first-order valence-corrected chi connectivity index (χ1v) is 9.70. The molecule has 0 saturated carbocycles. The molecule has 2 heterocycles. The van der Waals surface area contributed by atoms with Crippen LogP contribution in [0.4, 0.5) is 9.52 Å². The van der Waals surface area contributed by atoms with Gasteiger partial charge in [-0.15, -0.1) is 10.2 Å². The molecule has 0 spiro atoms. The zero-order valence-electron chi connectivity index (χ0n) is 13.9. The lowest BCUT2D eigenvalue weighted by Crippen LogP contribution is -2.14. The SMILES string of the molecule is O=C(Cc1ccc(F)cc1)Nc1nnc(Sc2ccnc3ccccc23)s1. The van der Waals surface area contributed by atoms with Gasteiger partial charge in [0.05, 0.1) is 11.9 Å². The van der Waals surface area contributed by atoms with Crippen molar-refractivity contribution in [2.24, 2.45) is 0 Å². The molecule has 4 rings (SSSR count). The second-order valence-electron chi connectivity index (χ2n) is 5.65. The van der Waals surface area contributed by atoms with Crippen LogP contribution in [0, 0.1) is 5.82 Å². The Balaban J connectivity index is 1.44. The molecule has 4 aromatic rings. The molecule has 0 aliphatic rings. The summed E-state index contributed by atoms with van der Waals surface area (Å²) in [6, 6.07) is 15.7. The highest BCUT2D eigenvalue weighted by Crippen LogP contribution is 2.35. The Morgan fingerprint density at radius 2 is 1.89 bits per heavy atom. The molecular weight excluding hydrogens is 383 g/mol. The van der Waals surface area contributed by atoms with Crippen molar-refractivity contribution in [2.75, 3.05) is 5.32 Å². The Hall–Kier alpha value is -2.84. The number of halogens is 1. The first kappa shape index (κ1) is 17.6. The topological polar surface area (TPSA) is 67.8 Å². The van der Waals surface area contributed by atoms with Gasteiger partial charge in [-0.3, -0.25) is 9.78 Å². The summed E-state index contributed by atoms with van der Waals surface area (Å²) in [6.07, 6.45) is 1.91. The molecule has 0 saturated heterocycles. The molecule has 8 heteroatoms. The highest BCUT2D eigenvalue weighted by atomic mass is 32.2. The van der Waals surface area contributed by atoms with Crippen molar-refractivity contribution in [3.8, 4) is 0 Å². The average molecular weight is 396 g/mol. The minimum atomic E-state index is -0.325. The molecule has 5 nitrogen and oxygen atoms in total. The minimum absolute atomic E-state index is 0.150. The Labute approximate surface area is 162 Å². The summed E-state index contributed by atoms with van der Waals surface area (Å²) in [5.41, 5.74) is 1.65. The van der Waals surface area contributed by atoms with Crippen molar-refractivity contribution < 1.29 is 9.18 Å². The van der Waals surface area contributed by atoms with E-state index in [1.807, 2.05) is 30.3 Å².